The zero-order valence-corrected chi connectivity index (χ0v) is 15.2. The Kier molecular flexibility index (Phi) is 8.01. The molecule has 7 heteroatoms. The number of rotatable bonds is 7. The SMILES string of the molecule is CB(C#N)CC(=O)NC(C(=O)N(C)C(C=O)C(C)C)C(C)(C)C. The third-order valence-electron chi connectivity index (χ3n) is 3.75. The van der Waals surface area contributed by atoms with E-state index < -0.39 is 24.2 Å². The Morgan fingerprint density at radius 2 is 1.87 bits per heavy atom. The Balaban J connectivity index is 5.27. The molecule has 0 saturated carbocycles. The van der Waals surface area contributed by atoms with Crippen molar-refractivity contribution in [3.05, 3.63) is 0 Å². The minimum Gasteiger partial charge on any atom is -0.344 e. The average Bonchev–Trinajstić information content (AvgIpc) is 2.42. The second kappa shape index (κ2) is 8.71. The third kappa shape index (κ3) is 6.43. The number of hydrogen-bond donors (Lipinski definition) is 1. The fourth-order valence-corrected chi connectivity index (χ4v) is 2.24. The second-order valence-corrected chi connectivity index (χ2v) is 7.42. The van der Waals surface area contributed by atoms with Crippen molar-refractivity contribution in [2.45, 2.75) is 59.8 Å². The van der Waals surface area contributed by atoms with Crippen LogP contribution in [0.1, 0.15) is 34.6 Å². The largest absolute Gasteiger partial charge is 0.344 e. The van der Waals surface area contributed by atoms with Gasteiger partial charge in [0.2, 0.25) is 11.8 Å². The second-order valence-electron chi connectivity index (χ2n) is 7.42. The van der Waals surface area contributed by atoms with Gasteiger partial charge in [0.1, 0.15) is 12.3 Å². The highest BCUT2D eigenvalue weighted by Crippen LogP contribution is 2.22. The molecule has 0 aliphatic carbocycles. The van der Waals surface area contributed by atoms with Gasteiger partial charge in [-0.1, -0.05) is 41.4 Å². The van der Waals surface area contributed by atoms with Gasteiger partial charge < -0.3 is 15.0 Å². The number of likely N-dealkylation sites (N-methyl/N-ethyl adjacent to an activating group) is 1. The molecule has 0 bridgehead atoms. The van der Waals surface area contributed by atoms with Crippen LogP contribution in [0.2, 0.25) is 13.1 Å². The van der Waals surface area contributed by atoms with E-state index in [-0.39, 0.29) is 24.1 Å². The van der Waals surface area contributed by atoms with E-state index in [0.717, 1.165) is 6.29 Å². The molecule has 1 N–H and O–H groups in total. The summed E-state index contributed by atoms with van der Waals surface area (Å²) < 4.78 is 0. The monoisotopic (exact) mass is 321 g/mol. The molecular formula is C16H28BN3O3. The summed E-state index contributed by atoms with van der Waals surface area (Å²) in [5.41, 5.74) is -0.513. The molecule has 0 spiro atoms. The summed E-state index contributed by atoms with van der Waals surface area (Å²) in [6, 6.07) is -1.30. The molecule has 23 heavy (non-hydrogen) atoms. The molecule has 0 rings (SSSR count). The minimum atomic E-state index is -0.757. The van der Waals surface area contributed by atoms with Crippen LogP contribution in [-0.4, -0.2) is 48.8 Å². The van der Waals surface area contributed by atoms with Gasteiger partial charge in [0.05, 0.1) is 6.04 Å². The van der Waals surface area contributed by atoms with Crippen molar-refractivity contribution in [1.82, 2.24) is 10.2 Å². The van der Waals surface area contributed by atoms with E-state index in [1.165, 1.54) is 4.90 Å². The fraction of sp³-hybridized carbons (Fsp3) is 0.750. The van der Waals surface area contributed by atoms with E-state index in [9.17, 15) is 14.4 Å². The zero-order valence-electron chi connectivity index (χ0n) is 15.2. The van der Waals surface area contributed by atoms with Gasteiger partial charge in [-0.2, -0.15) is 0 Å². The van der Waals surface area contributed by atoms with Crippen molar-refractivity contribution >= 4 is 24.8 Å². The molecule has 0 radical (unpaired) electrons. The maximum Gasteiger partial charge on any atom is 0.274 e. The van der Waals surface area contributed by atoms with Crippen LogP contribution in [0.15, 0.2) is 0 Å². The number of nitrogens with one attached hydrogen (secondary N) is 1. The summed E-state index contributed by atoms with van der Waals surface area (Å²) >= 11 is 0. The molecule has 0 fully saturated rings. The molecule has 0 aromatic heterocycles. The van der Waals surface area contributed by atoms with Crippen LogP contribution in [0, 0.1) is 22.6 Å². The molecule has 0 aromatic rings. The molecule has 0 aliphatic heterocycles. The summed E-state index contributed by atoms with van der Waals surface area (Å²) in [7, 11) is 1.57. The number of aldehydes is 1. The maximum absolute atomic E-state index is 12.8. The highest BCUT2D eigenvalue weighted by atomic mass is 16.2. The highest BCUT2D eigenvalue weighted by Gasteiger charge is 2.37. The van der Waals surface area contributed by atoms with E-state index in [0.29, 0.717) is 0 Å². The molecule has 2 unspecified atom stereocenters. The van der Waals surface area contributed by atoms with Gasteiger partial charge in [0, 0.05) is 19.3 Å². The summed E-state index contributed by atoms with van der Waals surface area (Å²) in [5, 5.41) is 11.5. The number of nitriles is 1. The van der Waals surface area contributed by atoms with E-state index >= 15 is 0 Å². The van der Waals surface area contributed by atoms with E-state index in [2.05, 4.69) is 5.32 Å². The summed E-state index contributed by atoms with van der Waals surface area (Å²) in [6.07, 6.45) is 0.795. The predicted octanol–water partition coefficient (Wildman–Crippen LogP) is 1.39. The normalized spacial score (nSPS) is 13.7. The topological polar surface area (TPSA) is 90.3 Å². The predicted molar refractivity (Wildman–Crippen MR) is 90.9 cm³/mol. The number of hydrogen-bond acceptors (Lipinski definition) is 4. The van der Waals surface area contributed by atoms with Crippen LogP contribution in [-0.2, 0) is 14.4 Å². The van der Waals surface area contributed by atoms with Crippen LogP contribution in [0.5, 0.6) is 0 Å². The van der Waals surface area contributed by atoms with E-state index in [1.54, 1.807) is 13.9 Å². The van der Waals surface area contributed by atoms with Gasteiger partial charge in [-0.25, -0.2) is 5.26 Å². The number of amides is 2. The van der Waals surface area contributed by atoms with Crippen molar-refractivity contribution in [3.8, 4) is 5.97 Å². The van der Waals surface area contributed by atoms with Gasteiger partial charge in [-0.05, 0) is 11.3 Å². The standard InChI is InChI=1S/C16H28BN3O3/c1-11(2)12(9-21)20(7)15(23)14(16(3,4)5)19-13(22)8-17(6)10-18/h9,11-12,14H,8H2,1-7H3,(H,19,22). The Morgan fingerprint density at radius 3 is 2.22 bits per heavy atom. The lowest BCUT2D eigenvalue weighted by Gasteiger charge is -2.36. The third-order valence-corrected chi connectivity index (χ3v) is 3.75. The highest BCUT2D eigenvalue weighted by molar-refractivity contribution is 6.68. The molecular weight excluding hydrogens is 293 g/mol. The first-order chi connectivity index (χ1) is 10.4. The lowest BCUT2D eigenvalue weighted by molar-refractivity contribution is -0.142. The Labute approximate surface area is 139 Å². The molecule has 0 heterocycles. The molecule has 6 nitrogen and oxygen atoms in total. The first-order valence-electron chi connectivity index (χ1n) is 7.86. The molecule has 128 valence electrons. The van der Waals surface area contributed by atoms with Gasteiger partial charge in [0.25, 0.3) is 6.71 Å². The molecule has 0 saturated heterocycles. The fourth-order valence-electron chi connectivity index (χ4n) is 2.24. The quantitative estimate of drug-likeness (QED) is 0.567. The minimum absolute atomic E-state index is 0.0172. The van der Waals surface area contributed by atoms with E-state index in [1.807, 2.05) is 40.6 Å². The van der Waals surface area contributed by atoms with Crippen molar-refractivity contribution in [2.24, 2.45) is 11.3 Å². The lowest BCUT2D eigenvalue weighted by Crippen LogP contribution is -2.57. The molecule has 2 atom stereocenters. The van der Waals surface area contributed by atoms with Crippen LogP contribution in [0.25, 0.3) is 0 Å². The molecule has 0 aliphatic rings. The first kappa shape index (κ1) is 21.2. The van der Waals surface area contributed by atoms with E-state index in [4.69, 9.17) is 5.26 Å². The zero-order chi connectivity index (χ0) is 18.4. The smallest absolute Gasteiger partial charge is 0.274 e. The van der Waals surface area contributed by atoms with Crippen molar-refractivity contribution in [3.63, 3.8) is 0 Å². The lowest BCUT2D eigenvalue weighted by atomic mass is 9.51. The number of nitrogens with zero attached hydrogens (tertiary/aromatic N) is 2. The van der Waals surface area contributed by atoms with Gasteiger partial charge in [0.15, 0.2) is 0 Å². The Hall–Kier alpha value is -1.84. The number of carbonyl (C=O) groups is 3. The number of carbonyl (C=O) groups excluding carboxylic acids is 3. The Morgan fingerprint density at radius 1 is 1.35 bits per heavy atom. The maximum atomic E-state index is 12.8. The van der Waals surface area contributed by atoms with Gasteiger partial charge in [-0.15, -0.1) is 0 Å². The Bertz CT molecular complexity index is 480. The van der Waals surface area contributed by atoms with Gasteiger partial charge >= 0.3 is 0 Å². The van der Waals surface area contributed by atoms with Crippen LogP contribution in [0.4, 0.5) is 0 Å². The van der Waals surface area contributed by atoms with Crippen LogP contribution in [0.3, 0.4) is 0 Å². The van der Waals surface area contributed by atoms with Crippen molar-refractivity contribution < 1.29 is 14.4 Å². The summed E-state index contributed by atoms with van der Waals surface area (Å²) in [4.78, 5) is 37.5. The first-order valence-corrected chi connectivity index (χ1v) is 7.86. The average molecular weight is 321 g/mol. The van der Waals surface area contributed by atoms with Crippen LogP contribution >= 0.6 is 0 Å². The van der Waals surface area contributed by atoms with Gasteiger partial charge in [-0.3, -0.25) is 9.59 Å². The summed E-state index contributed by atoms with van der Waals surface area (Å²) in [6.45, 7) is 10.5. The molecule has 2 amide bonds. The van der Waals surface area contributed by atoms with Crippen LogP contribution < -0.4 is 5.32 Å². The van der Waals surface area contributed by atoms with Crippen molar-refractivity contribution in [1.29, 1.82) is 5.26 Å². The summed E-state index contributed by atoms with van der Waals surface area (Å²) in [5.74, 6) is 1.34. The van der Waals surface area contributed by atoms with Crippen molar-refractivity contribution in [2.75, 3.05) is 7.05 Å². The molecule has 0 aromatic carbocycles.